The highest BCUT2D eigenvalue weighted by Crippen LogP contribution is 2.38. The fourth-order valence-electron chi connectivity index (χ4n) is 4.48. The smallest absolute Gasteiger partial charge is 0.231 e. The third kappa shape index (κ3) is 5.64. The first-order valence-corrected chi connectivity index (χ1v) is 12.2. The summed E-state index contributed by atoms with van der Waals surface area (Å²) in [6.45, 7) is 9.29. The molecule has 0 bridgehead atoms. The lowest BCUT2D eigenvalue weighted by molar-refractivity contribution is -0.124. The van der Waals surface area contributed by atoms with Gasteiger partial charge in [-0.15, -0.1) is 0 Å². The SMILES string of the molecule is CC(=O)CC(=O)Nc1cc2c(Nc3ccc(F)c(Cl)c3)ncnc2cc1C(C)(C)N1CCN(C)CC1. The lowest BCUT2D eigenvalue weighted by Gasteiger charge is -2.44. The Balaban J connectivity index is 1.79. The molecule has 10 heteroatoms. The fraction of sp³-hybridized carbons (Fsp3) is 0.385. The van der Waals surface area contributed by atoms with E-state index in [2.05, 4.69) is 51.3 Å². The molecule has 1 saturated heterocycles. The molecule has 1 aromatic heterocycles. The minimum atomic E-state index is -0.513. The summed E-state index contributed by atoms with van der Waals surface area (Å²) >= 11 is 5.95. The summed E-state index contributed by atoms with van der Waals surface area (Å²) in [5, 5.41) is 6.77. The number of benzene rings is 2. The van der Waals surface area contributed by atoms with Crippen molar-refractivity contribution in [3.63, 3.8) is 0 Å². The zero-order valence-corrected chi connectivity index (χ0v) is 21.6. The summed E-state index contributed by atoms with van der Waals surface area (Å²) in [6, 6.07) is 8.11. The van der Waals surface area contributed by atoms with Gasteiger partial charge < -0.3 is 15.5 Å². The van der Waals surface area contributed by atoms with Gasteiger partial charge >= 0.3 is 0 Å². The highest BCUT2D eigenvalue weighted by Gasteiger charge is 2.33. The number of carbonyl (C=O) groups excluding carboxylic acids is 2. The molecule has 0 unspecified atom stereocenters. The zero-order chi connectivity index (χ0) is 26.0. The summed E-state index contributed by atoms with van der Waals surface area (Å²) < 4.78 is 13.6. The number of amides is 1. The second-order valence-electron chi connectivity index (χ2n) is 9.67. The highest BCUT2D eigenvalue weighted by atomic mass is 35.5. The van der Waals surface area contributed by atoms with Gasteiger partial charge in [0.1, 0.15) is 23.7 Å². The molecule has 2 heterocycles. The van der Waals surface area contributed by atoms with Gasteiger partial charge in [-0.05, 0) is 63.7 Å². The second-order valence-corrected chi connectivity index (χ2v) is 10.1. The van der Waals surface area contributed by atoms with Gasteiger partial charge in [0, 0.05) is 48.5 Å². The number of aromatic nitrogens is 2. The number of likely N-dealkylation sites (N-methyl/N-ethyl adjacent to an activating group) is 1. The maximum atomic E-state index is 13.6. The summed E-state index contributed by atoms with van der Waals surface area (Å²) in [7, 11) is 2.10. The molecular weight excluding hydrogens is 483 g/mol. The van der Waals surface area contributed by atoms with Crippen LogP contribution in [-0.2, 0) is 15.1 Å². The van der Waals surface area contributed by atoms with E-state index in [4.69, 9.17) is 11.6 Å². The number of hydrogen-bond donors (Lipinski definition) is 2. The van der Waals surface area contributed by atoms with E-state index in [9.17, 15) is 14.0 Å². The monoisotopic (exact) mass is 512 g/mol. The topological polar surface area (TPSA) is 90.5 Å². The number of halogens is 2. The predicted octanol–water partition coefficient (Wildman–Crippen LogP) is 4.57. The standard InChI is InChI=1S/C26H30ClFN6O2/c1-16(35)11-24(36)32-23-13-18-22(14-19(23)26(2,3)34-9-7-33(4)8-10-34)29-15-30-25(18)31-17-5-6-21(28)20(27)12-17/h5-6,12-15H,7-11H2,1-4H3,(H,32,36)(H,29,30,31). The third-order valence-corrected chi connectivity index (χ3v) is 6.88. The molecule has 2 aromatic carbocycles. The number of rotatable bonds is 7. The van der Waals surface area contributed by atoms with Crippen molar-refractivity contribution >= 4 is 51.4 Å². The normalized spacial score (nSPS) is 15.2. The van der Waals surface area contributed by atoms with Gasteiger partial charge in [-0.25, -0.2) is 14.4 Å². The van der Waals surface area contributed by atoms with Gasteiger partial charge in [0.05, 0.1) is 17.0 Å². The molecule has 36 heavy (non-hydrogen) atoms. The largest absolute Gasteiger partial charge is 0.340 e. The molecule has 1 aliphatic heterocycles. The molecule has 3 aromatic rings. The molecule has 1 amide bonds. The Hall–Kier alpha value is -3.14. The quantitative estimate of drug-likeness (QED) is 0.448. The van der Waals surface area contributed by atoms with Crippen molar-refractivity contribution in [2.75, 3.05) is 43.9 Å². The number of nitrogens with one attached hydrogen (secondary N) is 2. The van der Waals surface area contributed by atoms with Crippen molar-refractivity contribution in [2.45, 2.75) is 32.7 Å². The summed E-state index contributed by atoms with van der Waals surface area (Å²) in [5.41, 5.74) is 2.31. The first kappa shape index (κ1) is 25.9. The molecule has 0 spiro atoms. The number of anilines is 3. The van der Waals surface area contributed by atoms with E-state index in [1.54, 1.807) is 6.07 Å². The van der Waals surface area contributed by atoms with Gasteiger partial charge in [0.25, 0.3) is 0 Å². The van der Waals surface area contributed by atoms with Crippen LogP contribution in [0.2, 0.25) is 5.02 Å². The van der Waals surface area contributed by atoms with Gasteiger partial charge in [-0.2, -0.15) is 0 Å². The minimum absolute atomic E-state index is 0.00763. The number of carbonyl (C=O) groups is 2. The van der Waals surface area contributed by atoms with Crippen LogP contribution in [0.4, 0.5) is 21.6 Å². The van der Waals surface area contributed by atoms with Crippen molar-refractivity contribution < 1.29 is 14.0 Å². The van der Waals surface area contributed by atoms with Crippen LogP contribution in [0.25, 0.3) is 10.9 Å². The van der Waals surface area contributed by atoms with E-state index in [0.29, 0.717) is 28.1 Å². The van der Waals surface area contributed by atoms with Crippen LogP contribution in [0, 0.1) is 5.82 Å². The van der Waals surface area contributed by atoms with Crippen molar-refractivity contribution in [3.05, 3.63) is 53.1 Å². The minimum Gasteiger partial charge on any atom is -0.340 e. The fourth-order valence-corrected chi connectivity index (χ4v) is 4.66. The van der Waals surface area contributed by atoms with Gasteiger partial charge in [0.2, 0.25) is 5.91 Å². The zero-order valence-electron chi connectivity index (χ0n) is 20.9. The Kier molecular flexibility index (Phi) is 7.54. The molecule has 1 fully saturated rings. The lowest BCUT2D eigenvalue weighted by Crippen LogP contribution is -2.52. The van der Waals surface area contributed by atoms with E-state index < -0.39 is 11.4 Å². The first-order valence-electron chi connectivity index (χ1n) is 11.8. The molecule has 0 atom stereocenters. The number of fused-ring (bicyclic) bond motifs is 1. The van der Waals surface area contributed by atoms with E-state index in [1.165, 1.54) is 25.4 Å². The van der Waals surface area contributed by atoms with Gasteiger partial charge in [0.15, 0.2) is 0 Å². The average molecular weight is 513 g/mol. The highest BCUT2D eigenvalue weighted by molar-refractivity contribution is 6.31. The number of Topliss-reactive ketones (excluding diaryl/α,β-unsaturated/α-hetero) is 1. The van der Waals surface area contributed by atoms with E-state index in [-0.39, 0.29) is 23.1 Å². The lowest BCUT2D eigenvalue weighted by atomic mass is 9.88. The number of ketones is 1. The predicted molar refractivity (Wildman–Crippen MR) is 140 cm³/mol. The molecule has 0 radical (unpaired) electrons. The van der Waals surface area contributed by atoms with Crippen LogP contribution >= 0.6 is 11.6 Å². The Bertz CT molecular complexity index is 1310. The van der Waals surface area contributed by atoms with Gasteiger partial charge in [-0.3, -0.25) is 14.5 Å². The first-order chi connectivity index (χ1) is 17.0. The maximum absolute atomic E-state index is 13.6. The van der Waals surface area contributed by atoms with Crippen LogP contribution in [0.1, 0.15) is 32.8 Å². The summed E-state index contributed by atoms with van der Waals surface area (Å²) in [5.74, 6) is -0.629. The van der Waals surface area contributed by atoms with E-state index in [1.807, 2.05) is 12.1 Å². The molecule has 2 N–H and O–H groups in total. The van der Waals surface area contributed by atoms with Crippen LogP contribution in [0.3, 0.4) is 0 Å². The molecule has 1 aliphatic rings. The number of hydrogen-bond acceptors (Lipinski definition) is 7. The molecule has 0 saturated carbocycles. The maximum Gasteiger partial charge on any atom is 0.231 e. The van der Waals surface area contributed by atoms with Crippen molar-refractivity contribution in [2.24, 2.45) is 0 Å². The molecular formula is C26H30ClFN6O2. The Morgan fingerprint density at radius 1 is 1.11 bits per heavy atom. The van der Waals surface area contributed by atoms with Crippen molar-refractivity contribution in [1.82, 2.24) is 19.8 Å². The van der Waals surface area contributed by atoms with Gasteiger partial charge in [-0.1, -0.05) is 11.6 Å². The number of nitrogens with zero attached hydrogens (tertiary/aromatic N) is 4. The third-order valence-electron chi connectivity index (χ3n) is 6.59. The van der Waals surface area contributed by atoms with Crippen molar-refractivity contribution in [3.8, 4) is 0 Å². The van der Waals surface area contributed by atoms with Crippen LogP contribution in [0.15, 0.2) is 36.7 Å². The van der Waals surface area contributed by atoms with Crippen molar-refractivity contribution in [1.29, 1.82) is 0 Å². The molecule has 190 valence electrons. The summed E-state index contributed by atoms with van der Waals surface area (Å²) in [6.07, 6.45) is 1.24. The van der Waals surface area contributed by atoms with E-state index in [0.717, 1.165) is 31.7 Å². The molecule has 8 nitrogen and oxygen atoms in total. The molecule has 4 rings (SSSR count). The second kappa shape index (κ2) is 10.5. The van der Waals surface area contributed by atoms with Crippen LogP contribution in [-0.4, -0.2) is 64.7 Å². The van der Waals surface area contributed by atoms with Crippen LogP contribution in [0.5, 0.6) is 0 Å². The van der Waals surface area contributed by atoms with E-state index >= 15 is 0 Å². The Morgan fingerprint density at radius 2 is 1.83 bits per heavy atom. The Morgan fingerprint density at radius 3 is 2.50 bits per heavy atom. The van der Waals surface area contributed by atoms with Crippen LogP contribution < -0.4 is 10.6 Å². The average Bonchev–Trinajstić information content (AvgIpc) is 2.81. The Labute approximate surface area is 214 Å². The summed E-state index contributed by atoms with van der Waals surface area (Å²) in [4.78, 5) is 37.8. The molecule has 0 aliphatic carbocycles. The number of piperazine rings is 1.